The number of nitrogens with zero attached hydrogens (tertiary/aromatic N) is 1. The molecule has 2 heteroatoms. The first-order valence-electron chi connectivity index (χ1n) is 7.06. The van der Waals surface area contributed by atoms with Gasteiger partial charge in [0.05, 0.1) is 5.69 Å². The lowest BCUT2D eigenvalue weighted by atomic mass is 9.84. The second kappa shape index (κ2) is 3.36. The van der Waals surface area contributed by atoms with Crippen LogP contribution >= 0.6 is 0 Å². The van der Waals surface area contributed by atoms with Crippen LogP contribution in [0.25, 0.3) is 0 Å². The number of rotatable bonds is 1. The van der Waals surface area contributed by atoms with E-state index in [1.165, 1.54) is 5.56 Å². The summed E-state index contributed by atoms with van der Waals surface area (Å²) in [5.41, 5.74) is 2.81. The van der Waals surface area contributed by atoms with Gasteiger partial charge in [-0.3, -0.25) is 4.98 Å². The summed E-state index contributed by atoms with van der Waals surface area (Å²) in [7, 11) is 0. The standard InChI is InChI=1S/C16H23NO/c1-5-16(18)13-11(10-15(16)8-9-15)6-7-12(17-13)14(2,3)4/h6-7,18H,5,8-10H2,1-4H3/t16-/m1/s1. The summed E-state index contributed by atoms with van der Waals surface area (Å²) >= 11 is 0. The second-order valence-corrected chi connectivity index (χ2v) is 7.13. The van der Waals surface area contributed by atoms with E-state index in [0.29, 0.717) is 0 Å². The van der Waals surface area contributed by atoms with Gasteiger partial charge in [-0.2, -0.15) is 0 Å². The third-order valence-corrected chi connectivity index (χ3v) is 4.91. The van der Waals surface area contributed by atoms with Gasteiger partial charge in [-0.05, 0) is 37.3 Å². The molecule has 1 N–H and O–H groups in total. The zero-order chi connectivity index (χ0) is 13.2. The van der Waals surface area contributed by atoms with Crippen molar-refractivity contribution in [1.29, 1.82) is 0 Å². The summed E-state index contributed by atoms with van der Waals surface area (Å²) in [6.45, 7) is 8.61. The van der Waals surface area contributed by atoms with Crippen LogP contribution in [0.4, 0.5) is 0 Å². The molecule has 0 unspecified atom stereocenters. The van der Waals surface area contributed by atoms with Crippen molar-refractivity contribution in [3.63, 3.8) is 0 Å². The summed E-state index contributed by atoms with van der Waals surface area (Å²) in [5, 5.41) is 11.1. The minimum Gasteiger partial charge on any atom is -0.383 e. The maximum Gasteiger partial charge on any atom is 0.112 e. The van der Waals surface area contributed by atoms with E-state index >= 15 is 0 Å². The lowest BCUT2D eigenvalue weighted by molar-refractivity contribution is -0.0326. The molecule has 1 saturated carbocycles. The maximum atomic E-state index is 11.1. The van der Waals surface area contributed by atoms with Crippen molar-refractivity contribution in [3.05, 3.63) is 29.1 Å². The molecule has 1 aromatic heterocycles. The molecule has 0 amide bonds. The Labute approximate surface area is 109 Å². The molecule has 18 heavy (non-hydrogen) atoms. The molecule has 0 aliphatic heterocycles. The van der Waals surface area contributed by atoms with Crippen LogP contribution in [0, 0.1) is 5.41 Å². The molecule has 0 bridgehead atoms. The first-order valence-corrected chi connectivity index (χ1v) is 7.06. The van der Waals surface area contributed by atoms with Gasteiger partial charge >= 0.3 is 0 Å². The van der Waals surface area contributed by atoms with E-state index in [-0.39, 0.29) is 10.8 Å². The first-order chi connectivity index (χ1) is 8.32. The van der Waals surface area contributed by atoms with Gasteiger partial charge in [-0.15, -0.1) is 0 Å². The Morgan fingerprint density at radius 2 is 1.94 bits per heavy atom. The van der Waals surface area contributed by atoms with Gasteiger partial charge in [-0.1, -0.05) is 33.8 Å². The van der Waals surface area contributed by atoms with E-state index in [0.717, 1.165) is 37.1 Å². The minimum absolute atomic E-state index is 0.0446. The molecule has 1 heterocycles. The van der Waals surface area contributed by atoms with Crippen LogP contribution < -0.4 is 0 Å². The van der Waals surface area contributed by atoms with Crippen molar-refractivity contribution in [1.82, 2.24) is 4.98 Å². The number of hydrogen-bond donors (Lipinski definition) is 1. The summed E-state index contributed by atoms with van der Waals surface area (Å²) in [6.07, 6.45) is 4.10. The highest BCUT2D eigenvalue weighted by Gasteiger charge is 2.63. The molecule has 1 atom stereocenters. The van der Waals surface area contributed by atoms with Crippen LogP contribution in [0.3, 0.4) is 0 Å². The Balaban J connectivity index is 2.13. The maximum absolute atomic E-state index is 11.1. The fourth-order valence-corrected chi connectivity index (χ4v) is 3.45. The molecule has 1 fully saturated rings. The van der Waals surface area contributed by atoms with Crippen LogP contribution in [0.2, 0.25) is 0 Å². The molecule has 0 radical (unpaired) electrons. The zero-order valence-corrected chi connectivity index (χ0v) is 11.9. The van der Waals surface area contributed by atoms with Crippen molar-refractivity contribution in [2.75, 3.05) is 0 Å². The Bertz CT molecular complexity index is 496. The Morgan fingerprint density at radius 1 is 1.28 bits per heavy atom. The predicted molar refractivity (Wildman–Crippen MR) is 72.5 cm³/mol. The van der Waals surface area contributed by atoms with Gasteiger partial charge in [0, 0.05) is 16.5 Å². The summed E-state index contributed by atoms with van der Waals surface area (Å²) < 4.78 is 0. The van der Waals surface area contributed by atoms with Gasteiger partial charge in [0.25, 0.3) is 0 Å². The largest absolute Gasteiger partial charge is 0.383 e. The smallest absolute Gasteiger partial charge is 0.112 e. The minimum atomic E-state index is -0.677. The topological polar surface area (TPSA) is 33.1 Å². The van der Waals surface area contributed by atoms with Crippen LogP contribution in [-0.4, -0.2) is 10.1 Å². The molecule has 2 nitrogen and oxygen atoms in total. The lowest BCUT2D eigenvalue weighted by Crippen LogP contribution is -2.33. The van der Waals surface area contributed by atoms with Gasteiger partial charge < -0.3 is 5.11 Å². The second-order valence-electron chi connectivity index (χ2n) is 7.13. The fraction of sp³-hybridized carbons (Fsp3) is 0.688. The van der Waals surface area contributed by atoms with Gasteiger partial charge in [0.15, 0.2) is 0 Å². The van der Waals surface area contributed by atoms with E-state index in [4.69, 9.17) is 4.98 Å². The summed E-state index contributed by atoms with van der Waals surface area (Å²) in [4.78, 5) is 4.83. The molecule has 0 aromatic carbocycles. The van der Waals surface area contributed by atoms with Gasteiger partial charge in [0.2, 0.25) is 0 Å². The summed E-state index contributed by atoms with van der Waals surface area (Å²) in [6, 6.07) is 4.33. The number of aliphatic hydroxyl groups is 1. The van der Waals surface area contributed by atoms with Crippen molar-refractivity contribution in [2.24, 2.45) is 5.41 Å². The molecule has 2 aliphatic carbocycles. The first kappa shape index (κ1) is 12.2. The zero-order valence-electron chi connectivity index (χ0n) is 11.9. The molecular formula is C16H23NO. The normalized spacial score (nSPS) is 28.5. The third-order valence-electron chi connectivity index (χ3n) is 4.91. The van der Waals surface area contributed by atoms with Crippen molar-refractivity contribution in [2.45, 2.75) is 64.4 Å². The van der Waals surface area contributed by atoms with Crippen molar-refractivity contribution < 1.29 is 5.11 Å². The Hall–Kier alpha value is -0.890. The van der Waals surface area contributed by atoms with Crippen LogP contribution in [0.5, 0.6) is 0 Å². The van der Waals surface area contributed by atoms with Crippen LogP contribution in [0.1, 0.15) is 63.9 Å². The molecule has 0 saturated heterocycles. The fourth-order valence-electron chi connectivity index (χ4n) is 3.45. The highest BCUT2D eigenvalue weighted by molar-refractivity contribution is 5.41. The molecule has 1 aromatic rings. The van der Waals surface area contributed by atoms with Crippen LogP contribution in [-0.2, 0) is 17.4 Å². The average Bonchev–Trinajstić information content (AvgIpc) is 3.03. The van der Waals surface area contributed by atoms with Gasteiger partial charge in [-0.25, -0.2) is 0 Å². The number of hydrogen-bond acceptors (Lipinski definition) is 2. The van der Waals surface area contributed by atoms with E-state index < -0.39 is 5.60 Å². The molecular weight excluding hydrogens is 222 g/mol. The van der Waals surface area contributed by atoms with E-state index in [1.54, 1.807) is 0 Å². The third kappa shape index (κ3) is 1.41. The monoisotopic (exact) mass is 245 g/mol. The Morgan fingerprint density at radius 3 is 2.44 bits per heavy atom. The lowest BCUT2D eigenvalue weighted by Gasteiger charge is -2.30. The number of fused-ring (bicyclic) bond motifs is 1. The highest BCUT2D eigenvalue weighted by atomic mass is 16.3. The molecule has 2 aliphatic rings. The SMILES string of the molecule is CC[C@@]1(O)c2nc(C(C)(C)C)ccc2CC12CC2. The Kier molecular flexibility index (Phi) is 2.27. The molecule has 98 valence electrons. The average molecular weight is 245 g/mol. The van der Waals surface area contributed by atoms with Crippen molar-refractivity contribution in [3.8, 4) is 0 Å². The van der Waals surface area contributed by atoms with Gasteiger partial charge in [0.1, 0.15) is 5.60 Å². The highest BCUT2D eigenvalue weighted by Crippen LogP contribution is 2.65. The number of pyridine rings is 1. The predicted octanol–water partition coefficient (Wildman–Crippen LogP) is 3.31. The number of aromatic nitrogens is 1. The molecule has 3 rings (SSSR count). The molecule has 1 spiro atoms. The van der Waals surface area contributed by atoms with Crippen molar-refractivity contribution >= 4 is 0 Å². The van der Waals surface area contributed by atoms with Crippen LogP contribution in [0.15, 0.2) is 12.1 Å². The summed E-state index contributed by atoms with van der Waals surface area (Å²) in [5.74, 6) is 0. The van der Waals surface area contributed by atoms with E-state index in [9.17, 15) is 5.11 Å². The van der Waals surface area contributed by atoms with E-state index in [1.807, 2.05) is 0 Å². The van der Waals surface area contributed by atoms with E-state index in [2.05, 4.69) is 39.8 Å². The quantitative estimate of drug-likeness (QED) is 0.823.